The van der Waals surface area contributed by atoms with Gasteiger partial charge >= 0.3 is 6.18 Å². The minimum Gasteiger partial charge on any atom is -0.376 e. The first-order valence-corrected chi connectivity index (χ1v) is 9.29. The number of rotatable bonds is 10. The molecule has 0 radical (unpaired) electrons. The van der Waals surface area contributed by atoms with Gasteiger partial charge in [-0.15, -0.1) is 0 Å². The second-order valence-electron chi connectivity index (χ2n) is 6.19. The van der Waals surface area contributed by atoms with E-state index < -0.39 is 12.8 Å². The predicted molar refractivity (Wildman–Crippen MR) is 92.9 cm³/mol. The van der Waals surface area contributed by atoms with Crippen LogP contribution in [0.2, 0.25) is 0 Å². The highest BCUT2D eigenvalue weighted by Crippen LogP contribution is 2.19. The summed E-state index contributed by atoms with van der Waals surface area (Å²) in [5.41, 5.74) is 0. The van der Waals surface area contributed by atoms with Gasteiger partial charge in [0.05, 0.1) is 12.7 Å². The molecule has 0 bridgehead atoms. The SMILES string of the molecule is CCNC(=NCCCOCC(F)(F)F)NCCOC1CCCCCC1. The van der Waals surface area contributed by atoms with Gasteiger partial charge < -0.3 is 20.1 Å². The lowest BCUT2D eigenvalue weighted by atomic mass is 10.1. The summed E-state index contributed by atoms with van der Waals surface area (Å²) in [5, 5.41) is 6.29. The Labute approximate surface area is 148 Å². The number of halogens is 3. The van der Waals surface area contributed by atoms with Crippen molar-refractivity contribution in [3.05, 3.63) is 0 Å². The molecule has 0 unspecified atom stereocenters. The molecule has 0 aromatic heterocycles. The highest BCUT2D eigenvalue weighted by molar-refractivity contribution is 5.79. The first kappa shape index (κ1) is 22.0. The molecule has 0 aromatic carbocycles. The summed E-state index contributed by atoms with van der Waals surface area (Å²) >= 11 is 0. The third-order valence-corrected chi connectivity index (χ3v) is 3.88. The Morgan fingerprint density at radius 1 is 1.08 bits per heavy atom. The molecule has 148 valence electrons. The van der Waals surface area contributed by atoms with Crippen LogP contribution in [-0.4, -0.2) is 57.7 Å². The highest BCUT2D eigenvalue weighted by Gasteiger charge is 2.27. The lowest BCUT2D eigenvalue weighted by Gasteiger charge is -2.16. The Morgan fingerprint density at radius 3 is 2.44 bits per heavy atom. The third kappa shape index (κ3) is 12.9. The maximum atomic E-state index is 11.9. The summed E-state index contributed by atoms with van der Waals surface area (Å²) in [6, 6.07) is 0. The van der Waals surface area contributed by atoms with Crippen molar-refractivity contribution in [2.75, 3.05) is 39.5 Å². The van der Waals surface area contributed by atoms with E-state index in [0.717, 1.165) is 19.4 Å². The minimum atomic E-state index is -4.27. The maximum absolute atomic E-state index is 11.9. The van der Waals surface area contributed by atoms with Crippen molar-refractivity contribution < 1.29 is 22.6 Å². The van der Waals surface area contributed by atoms with Gasteiger partial charge in [0.25, 0.3) is 0 Å². The van der Waals surface area contributed by atoms with Crippen molar-refractivity contribution in [2.24, 2.45) is 4.99 Å². The summed E-state index contributed by atoms with van der Waals surface area (Å²) in [6.07, 6.45) is 3.96. The number of hydrogen-bond donors (Lipinski definition) is 2. The molecule has 5 nitrogen and oxygen atoms in total. The van der Waals surface area contributed by atoms with Gasteiger partial charge in [-0.2, -0.15) is 13.2 Å². The standard InChI is InChI=1S/C17H32F3N3O2/c1-2-21-16(22-10-7-12-24-14-17(18,19)20)23-11-13-25-15-8-5-3-4-6-9-15/h15H,2-14H2,1H3,(H2,21,22,23). The molecule has 1 rings (SSSR count). The lowest BCUT2D eigenvalue weighted by molar-refractivity contribution is -0.173. The van der Waals surface area contributed by atoms with E-state index in [1.54, 1.807) is 0 Å². The summed E-state index contributed by atoms with van der Waals surface area (Å²) in [4.78, 5) is 4.32. The minimum absolute atomic E-state index is 0.0488. The molecule has 1 fully saturated rings. The summed E-state index contributed by atoms with van der Waals surface area (Å²) < 4.78 is 46.3. The number of ether oxygens (including phenoxy) is 2. The fourth-order valence-corrected chi connectivity index (χ4v) is 2.69. The maximum Gasteiger partial charge on any atom is 0.411 e. The van der Waals surface area contributed by atoms with Gasteiger partial charge in [-0.1, -0.05) is 25.7 Å². The van der Waals surface area contributed by atoms with Crippen LogP contribution in [0.15, 0.2) is 4.99 Å². The number of alkyl halides is 3. The average molecular weight is 367 g/mol. The van der Waals surface area contributed by atoms with Gasteiger partial charge in [-0.05, 0) is 26.2 Å². The molecular weight excluding hydrogens is 335 g/mol. The topological polar surface area (TPSA) is 54.9 Å². The number of nitrogens with zero attached hydrogens (tertiary/aromatic N) is 1. The van der Waals surface area contributed by atoms with Crippen LogP contribution in [0.1, 0.15) is 51.9 Å². The molecule has 0 amide bonds. The van der Waals surface area contributed by atoms with Crippen LogP contribution < -0.4 is 10.6 Å². The average Bonchev–Trinajstić information content (AvgIpc) is 2.82. The highest BCUT2D eigenvalue weighted by atomic mass is 19.4. The molecule has 1 aliphatic rings. The zero-order valence-electron chi connectivity index (χ0n) is 15.2. The van der Waals surface area contributed by atoms with Gasteiger partial charge in [-0.3, -0.25) is 4.99 Å². The van der Waals surface area contributed by atoms with Gasteiger partial charge in [0.1, 0.15) is 6.61 Å². The number of hydrogen-bond acceptors (Lipinski definition) is 3. The van der Waals surface area contributed by atoms with E-state index in [2.05, 4.69) is 20.4 Å². The molecule has 0 spiro atoms. The molecule has 2 N–H and O–H groups in total. The number of nitrogens with one attached hydrogen (secondary N) is 2. The molecule has 1 saturated carbocycles. The van der Waals surface area contributed by atoms with E-state index in [1.165, 1.54) is 25.7 Å². The largest absolute Gasteiger partial charge is 0.411 e. The molecule has 0 saturated heterocycles. The Kier molecular flexibility index (Phi) is 11.6. The Balaban J connectivity index is 2.13. The van der Waals surface area contributed by atoms with E-state index in [-0.39, 0.29) is 6.61 Å². The summed E-state index contributed by atoms with van der Waals surface area (Å²) in [7, 11) is 0. The fraction of sp³-hybridized carbons (Fsp3) is 0.941. The zero-order chi connectivity index (χ0) is 18.4. The van der Waals surface area contributed by atoms with Crippen LogP contribution in [0.4, 0.5) is 13.2 Å². The summed E-state index contributed by atoms with van der Waals surface area (Å²) in [6.45, 7) is 3.24. The first-order chi connectivity index (χ1) is 12.0. The molecule has 25 heavy (non-hydrogen) atoms. The summed E-state index contributed by atoms with van der Waals surface area (Å²) in [5.74, 6) is 0.655. The molecule has 0 aliphatic heterocycles. The van der Waals surface area contributed by atoms with Crippen LogP contribution in [0.5, 0.6) is 0 Å². The van der Waals surface area contributed by atoms with Crippen LogP contribution >= 0.6 is 0 Å². The molecule has 0 aromatic rings. The van der Waals surface area contributed by atoms with Gasteiger partial charge in [-0.25, -0.2) is 0 Å². The quantitative estimate of drug-likeness (QED) is 0.269. The monoisotopic (exact) mass is 367 g/mol. The van der Waals surface area contributed by atoms with E-state index in [1.807, 2.05) is 6.92 Å². The van der Waals surface area contributed by atoms with Gasteiger partial charge in [0.15, 0.2) is 5.96 Å². The van der Waals surface area contributed by atoms with E-state index in [4.69, 9.17) is 4.74 Å². The van der Waals surface area contributed by atoms with Crippen molar-refractivity contribution in [1.82, 2.24) is 10.6 Å². The number of guanidine groups is 1. The molecular formula is C17H32F3N3O2. The zero-order valence-corrected chi connectivity index (χ0v) is 15.2. The third-order valence-electron chi connectivity index (χ3n) is 3.88. The van der Waals surface area contributed by atoms with Crippen molar-refractivity contribution in [1.29, 1.82) is 0 Å². The van der Waals surface area contributed by atoms with Crippen molar-refractivity contribution in [3.63, 3.8) is 0 Å². The number of aliphatic imine (C=N–C) groups is 1. The Morgan fingerprint density at radius 2 is 1.80 bits per heavy atom. The van der Waals surface area contributed by atoms with E-state index >= 15 is 0 Å². The van der Waals surface area contributed by atoms with Crippen LogP contribution in [0, 0.1) is 0 Å². The van der Waals surface area contributed by atoms with Crippen molar-refractivity contribution in [3.8, 4) is 0 Å². The van der Waals surface area contributed by atoms with E-state index in [0.29, 0.717) is 38.2 Å². The Hall–Kier alpha value is -1.02. The van der Waals surface area contributed by atoms with Gasteiger partial charge in [0, 0.05) is 26.2 Å². The molecule has 8 heteroatoms. The van der Waals surface area contributed by atoms with Crippen molar-refractivity contribution in [2.45, 2.75) is 64.1 Å². The smallest absolute Gasteiger partial charge is 0.376 e. The lowest BCUT2D eigenvalue weighted by Crippen LogP contribution is -2.39. The second kappa shape index (κ2) is 13.2. The first-order valence-electron chi connectivity index (χ1n) is 9.29. The second-order valence-corrected chi connectivity index (χ2v) is 6.19. The molecule has 1 aliphatic carbocycles. The van der Waals surface area contributed by atoms with E-state index in [9.17, 15) is 13.2 Å². The van der Waals surface area contributed by atoms with Crippen molar-refractivity contribution >= 4 is 5.96 Å². The van der Waals surface area contributed by atoms with Crippen LogP contribution in [-0.2, 0) is 9.47 Å². The molecule has 0 atom stereocenters. The normalized spacial score (nSPS) is 17.4. The fourth-order valence-electron chi connectivity index (χ4n) is 2.69. The van der Waals surface area contributed by atoms with Crippen LogP contribution in [0.3, 0.4) is 0 Å². The van der Waals surface area contributed by atoms with Gasteiger partial charge in [0.2, 0.25) is 0 Å². The molecule has 0 heterocycles. The predicted octanol–water partition coefficient (Wildman–Crippen LogP) is 3.25. The Bertz CT molecular complexity index is 358. The van der Waals surface area contributed by atoms with Crippen LogP contribution in [0.25, 0.3) is 0 Å².